The number of nitrogens with zero attached hydrogens (tertiary/aromatic N) is 2. The van der Waals surface area contributed by atoms with Gasteiger partial charge in [-0.05, 0) is 23.6 Å². The second-order valence-electron chi connectivity index (χ2n) is 4.40. The largest absolute Gasteiger partial charge is 0.363 e. The molecular formula is C13H16N4OS. The molecule has 0 unspecified atom stereocenters. The lowest BCUT2D eigenvalue weighted by Crippen LogP contribution is -2.11. The van der Waals surface area contributed by atoms with Gasteiger partial charge in [-0.1, -0.05) is 37.3 Å². The van der Waals surface area contributed by atoms with Crippen molar-refractivity contribution in [3.05, 3.63) is 34.8 Å². The zero-order valence-corrected chi connectivity index (χ0v) is 11.9. The van der Waals surface area contributed by atoms with Gasteiger partial charge in [-0.2, -0.15) is 0 Å². The van der Waals surface area contributed by atoms with Crippen molar-refractivity contribution in [1.82, 2.24) is 10.2 Å². The van der Waals surface area contributed by atoms with Crippen LogP contribution in [0.15, 0.2) is 24.3 Å². The molecule has 2 aromatic rings. The highest BCUT2D eigenvalue weighted by Crippen LogP contribution is 2.20. The predicted molar refractivity (Wildman–Crippen MR) is 77.9 cm³/mol. The Balaban J connectivity index is 2.12. The van der Waals surface area contributed by atoms with E-state index in [1.807, 2.05) is 24.3 Å². The summed E-state index contributed by atoms with van der Waals surface area (Å²) >= 11 is 1.23. The third kappa shape index (κ3) is 3.29. The van der Waals surface area contributed by atoms with Gasteiger partial charge in [0.15, 0.2) is 0 Å². The lowest BCUT2D eigenvalue weighted by Gasteiger charge is -2.08. The molecule has 100 valence electrons. The molecule has 5 nitrogen and oxygen atoms in total. The van der Waals surface area contributed by atoms with Crippen molar-refractivity contribution in [2.24, 2.45) is 0 Å². The van der Waals surface area contributed by atoms with Crippen LogP contribution in [0.25, 0.3) is 0 Å². The van der Waals surface area contributed by atoms with E-state index in [0.29, 0.717) is 16.1 Å². The van der Waals surface area contributed by atoms with Crippen LogP contribution in [0.3, 0.4) is 0 Å². The van der Waals surface area contributed by atoms with Crippen molar-refractivity contribution in [3.8, 4) is 0 Å². The van der Waals surface area contributed by atoms with Gasteiger partial charge >= 0.3 is 0 Å². The first-order valence-electron chi connectivity index (χ1n) is 6.02. The topological polar surface area (TPSA) is 66.9 Å². The van der Waals surface area contributed by atoms with Crippen LogP contribution < -0.4 is 10.6 Å². The maximum atomic E-state index is 12.0. The van der Waals surface area contributed by atoms with Crippen molar-refractivity contribution < 1.29 is 4.79 Å². The average molecular weight is 276 g/mol. The highest BCUT2D eigenvalue weighted by atomic mass is 32.1. The van der Waals surface area contributed by atoms with Crippen LogP contribution >= 0.6 is 11.3 Å². The maximum absolute atomic E-state index is 12.0. The molecule has 2 rings (SSSR count). The zero-order chi connectivity index (χ0) is 13.8. The predicted octanol–water partition coefficient (Wildman–Crippen LogP) is 2.96. The Morgan fingerprint density at radius 1 is 1.32 bits per heavy atom. The molecule has 0 bridgehead atoms. The molecule has 19 heavy (non-hydrogen) atoms. The summed E-state index contributed by atoms with van der Waals surface area (Å²) in [6.45, 7) is 4.23. The molecule has 0 saturated carbocycles. The minimum absolute atomic E-state index is 0.236. The molecule has 0 aliphatic heterocycles. The average Bonchev–Trinajstić information content (AvgIpc) is 2.88. The minimum atomic E-state index is -0.236. The number of aromatic nitrogens is 2. The molecule has 1 aromatic carbocycles. The molecule has 2 N–H and O–H groups in total. The number of anilines is 2. The first kappa shape index (κ1) is 13.5. The number of hydrogen-bond donors (Lipinski definition) is 2. The Bertz CT molecular complexity index is 580. The van der Waals surface area contributed by atoms with Gasteiger partial charge in [-0.3, -0.25) is 4.79 Å². The minimum Gasteiger partial charge on any atom is -0.363 e. The fourth-order valence-corrected chi connectivity index (χ4v) is 2.17. The number of carbonyl (C=O) groups excluding carboxylic acids is 1. The fourth-order valence-electron chi connectivity index (χ4n) is 1.58. The highest BCUT2D eigenvalue weighted by Gasteiger charge is 2.12. The van der Waals surface area contributed by atoms with Gasteiger partial charge in [-0.25, -0.2) is 0 Å². The van der Waals surface area contributed by atoms with Gasteiger partial charge in [0.05, 0.1) is 0 Å². The van der Waals surface area contributed by atoms with Gasteiger partial charge < -0.3 is 10.6 Å². The number of rotatable bonds is 4. The number of amides is 1. The van der Waals surface area contributed by atoms with Crippen molar-refractivity contribution in [3.63, 3.8) is 0 Å². The van der Waals surface area contributed by atoms with Crippen LogP contribution in [0.2, 0.25) is 0 Å². The molecule has 0 fully saturated rings. The highest BCUT2D eigenvalue weighted by molar-refractivity contribution is 7.17. The molecule has 1 aromatic heterocycles. The summed E-state index contributed by atoms with van der Waals surface area (Å²) in [6, 6.07) is 7.82. The quantitative estimate of drug-likeness (QED) is 0.901. The van der Waals surface area contributed by atoms with Gasteiger partial charge in [0.2, 0.25) is 10.1 Å². The maximum Gasteiger partial charge on any atom is 0.286 e. The molecule has 0 saturated heterocycles. The monoisotopic (exact) mass is 276 g/mol. The summed E-state index contributed by atoms with van der Waals surface area (Å²) in [5.41, 5.74) is 1.96. The number of carbonyl (C=O) groups is 1. The summed E-state index contributed by atoms with van der Waals surface area (Å²) in [7, 11) is 1.74. The number of hydrogen-bond acceptors (Lipinski definition) is 5. The van der Waals surface area contributed by atoms with E-state index >= 15 is 0 Å². The normalized spacial score (nSPS) is 10.5. The molecule has 1 amide bonds. The van der Waals surface area contributed by atoms with E-state index in [0.717, 1.165) is 5.69 Å². The third-order valence-corrected chi connectivity index (χ3v) is 3.58. The standard InChI is InChI=1S/C13H16N4OS/c1-8(2)9-5-4-6-10(7-9)15-11(18)12-16-17-13(14-3)19-12/h4-8H,1-3H3,(H,14,17)(H,15,18). The summed E-state index contributed by atoms with van der Waals surface area (Å²) in [5.74, 6) is 0.189. The van der Waals surface area contributed by atoms with Gasteiger partial charge in [0.1, 0.15) is 0 Å². The van der Waals surface area contributed by atoms with Crippen LogP contribution in [0.1, 0.15) is 35.1 Å². The zero-order valence-electron chi connectivity index (χ0n) is 11.1. The van der Waals surface area contributed by atoms with E-state index in [9.17, 15) is 4.79 Å². The third-order valence-electron chi connectivity index (χ3n) is 2.64. The Kier molecular flexibility index (Phi) is 4.11. The molecule has 1 heterocycles. The second-order valence-corrected chi connectivity index (χ2v) is 5.37. The van der Waals surface area contributed by atoms with Gasteiger partial charge in [0.25, 0.3) is 5.91 Å². The summed E-state index contributed by atoms with van der Waals surface area (Å²) < 4.78 is 0. The van der Waals surface area contributed by atoms with Crippen molar-refractivity contribution in [2.45, 2.75) is 19.8 Å². The summed E-state index contributed by atoms with van der Waals surface area (Å²) in [4.78, 5) is 12.0. The van der Waals surface area contributed by atoms with E-state index in [2.05, 4.69) is 34.7 Å². The van der Waals surface area contributed by atoms with E-state index in [1.54, 1.807) is 7.05 Å². The Morgan fingerprint density at radius 3 is 2.74 bits per heavy atom. The van der Waals surface area contributed by atoms with Crippen LogP contribution in [-0.2, 0) is 0 Å². The van der Waals surface area contributed by atoms with Gasteiger partial charge in [-0.15, -0.1) is 10.2 Å². The van der Waals surface area contributed by atoms with Crippen LogP contribution in [-0.4, -0.2) is 23.2 Å². The van der Waals surface area contributed by atoms with E-state index < -0.39 is 0 Å². The first-order chi connectivity index (χ1) is 9.10. The molecule has 0 radical (unpaired) electrons. The Labute approximate surface area is 116 Å². The summed E-state index contributed by atoms with van der Waals surface area (Å²) in [5, 5.41) is 14.3. The molecule has 0 atom stereocenters. The second kappa shape index (κ2) is 5.79. The first-order valence-corrected chi connectivity index (χ1v) is 6.84. The molecule has 0 spiro atoms. The molecule has 6 heteroatoms. The van der Waals surface area contributed by atoms with Crippen LogP contribution in [0, 0.1) is 0 Å². The lowest BCUT2D eigenvalue weighted by molar-refractivity contribution is 0.102. The van der Waals surface area contributed by atoms with Crippen LogP contribution in [0.4, 0.5) is 10.8 Å². The molecule has 0 aliphatic rings. The Hall–Kier alpha value is -1.95. The number of benzene rings is 1. The van der Waals surface area contributed by atoms with Crippen molar-refractivity contribution in [2.75, 3.05) is 17.7 Å². The Morgan fingerprint density at radius 2 is 2.11 bits per heavy atom. The van der Waals surface area contributed by atoms with E-state index in [4.69, 9.17) is 0 Å². The van der Waals surface area contributed by atoms with E-state index in [-0.39, 0.29) is 5.91 Å². The smallest absolute Gasteiger partial charge is 0.286 e. The van der Waals surface area contributed by atoms with Crippen molar-refractivity contribution >= 4 is 28.1 Å². The molecule has 0 aliphatic carbocycles. The molecular weight excluding hydrogens is 260 g/mol. The van der Waals surface area contributed by atoms with Crippen LogP contribution in [0.5, 0.6) is 0 Å². The van der Waals surface area contributed by atoms with E-state index in [1.165, 1.54) is 16.9 Å². The SMILES string of the molecule is CNc1nnc(C(=O)Nc2cccc(C(C)C)c2)s1. The fraction of sp³-hybridized carbons (Fsp3) is 0.308. The van der Waals surface area contributed by atoms with Gasteiger partial charge in [0, 0.05) is 12.7 Å². The van der Waals surface area contributed by atoms with Crippen molar-refractivity contribution in [1.29, 1.82) is 0 Å². The summed E-state index contributed by atoms with van der Waals surface area (Å²) in [6.07, 6.45) is 0. The lowest BCUT2D eigenvalue weighted by atomic mass is 10.0. The number of nitrogens with one attached hydrogen (secondary N) is 2.